The molecule has 0 saturated heterocycles. The van der Waals surface area contributed by atoms with Gasteiger partial charge in [0.2, 0.25) is 11.8 Å². The van der Waals surface area contributed by atoms with Gasteiger partial charge in [0.15, 0.2) is 11.6 Å². The second-order valence-electron chi connectivity index (χ2n) is 5.64. The number of benzene rings is 2. The molecule has 0 radical (unpaired) electrons. The molecule has 2 aromatic carbocycles. The number of amides is 2. The fourth-order valence-electron chi connectivity index (χ4n) is 2.23. The Morgan fingerprint density at radius 1 is 0.958 bits per heavy atom. The Kier molecular flexibility index (Phi) is 5.63. The van der Waals surface area contributed by atoms with Crippen LogP contribution in [0.5, 0.6) is 0 Å². The number of anilines is 2. The van der Waals surface area contributed by atoms with Gasteiger partial charge in [-0.15, -0.1) is 0 Å². The van der Waals surface area contributed by atoms with Crippen LogP contribution in [0.15, 0.2) is 42.5 Å². The Labute approximate surface area is 138 Å². The Bertz CT molecular complexity index is 760. The third kappa shape index (κ3) is 4.62. The molecular weight excluding hydrogens is 314 g/mol. The zero-order chi connectivity index (χ0) is 17.7. The Morgan fingerprint density at radius 2 is 1.62 bits per heavy atom. The molecule has 2 N–H and O–H groups in total. The summed E-state index contributed by atoms with van der Waals surface area (Å²) in [5.74, 6) is -2.94. The van der Waals surface area contributed by atoms with E-state index in [4.69, 9.17) is 0 Å². The third-order valence-corrected chi connectivity index (χ3v) is 3.38. The lowest BCUT2D eigenvalue weighted by atomic mass is 10.0. The largest absolute Gasteiger partial charge is 0.326 e. The van der Waals surface area contributed by atoms with Gasteiger partial charge in [0.05, 0.1) is 0 Å². The molecule has 0 aromatic heterocycles. The van der Waals surface area contributed by atoms with Gasteiger partial charge >= 0.3 is 0 Å². The second-order valence-corrected chi connectivity index (χ2v) is 5.64. The standard InChI is InChI=1S/C18H18F2N2O2/c1-11(2)13-5-3-4-6-16(13)22-18(24)10-17(23)21-12-7-8-14(19)15(20)9-12/h3-9,11H,10H2,1-2H3,(H,21,23)(H,22,24). The topological polar surface area (TPSA) is 58.2 Å². The van der Waals surface area contributed by atoms with Crippen molar-refractivity contribution in [2.75, 3.05) is 10.6 Å². The molecule has 0 saturated carbocycles. The molecule has 2 aromatic rings. The Balaban J connectivity index is 1.97. The molecule has 126 valence electrons. The molecular formula is C18H18F2N2O2. The lowest BCUT2D eigenvalue weighted by molar-refractivity contribution is -0.123. The molecule has 0 bridgehead atoms. The smallest absolute Gasteiger partial charge is 0.233 e. The number of halogens is 2. The minimum atomic E-state index is -1.07. The van der Waals surface area contributed by atoms with E-state index in [1.54, 1.807) is 12.1 Å². The van der Waals surface area contributed by atoms with Crippen LogP contribution in [0.25, 0.3) is 0 Å². The van der Waals surface area contributed by atoms with Crippen molar-refractivity contribution in [3.05, 3.63) is 59.7 Å². The van der Waals surface area contributed by atoms with Gasteiger partial charge in [-0.1, -0.05) is 32.0 Å². The average Bonchev–Trinajstić information content (AvgIpc) is 2.51. The highest BCUT2D eigenvalue weighted by molar-refractivity contribution is 6.08. The quantitative estimate of drug-likeness (QED) is 0.811. The van der Waals surface area contributed by atoms with Gasteiger partial charge in [-0.25, -0.2) is 8.78 Å². The van der Waals surface area contributed by atoms with Crippen molar-refractivity contribution in [2.24, 2.45) is 0 Å². The third-order valence-electron chi connectivity index (χ3n) is 3.38. The van der Waals surface area contributed by atoms with Crippen LogP contribution in [-0.2, 0) is 9.59 Å². The maximum absolute atomic E-state index is 13.1. The lowest BCUT2D eigenvalue weighted by Gasteiger charge is -2.13. The number of carbonyl (C=O) groups excluding carboxylic acids is 2. The predicted molar refractivity (Wildman–Crippen MR) is 88.8 cm³/mol. The molecule has 0 atom stereocenters. The molecule has 0 aliphatic rings. The molecule has 2 rings (SSSR count). The van der Waals surface area contributed by atoms with Gasteiger partial charge in [-0.05, 0) is 29.7 Å². The van der Waals surface area contributed by atoms with Gasteiger partial charge in [0.1, 0.15) is 6.42 Å². The number of carbonyl (C=O) groups is 2. The highest BCUT2D eigenvalue weighted by Crippen LogP contribution is 2.23. The monoisotopic (exact) mass is 332 g/mol. The van der Waals surface area contributed by atoms with Crippen molar-refractivity contribution < 1.29 is 18.4 Å². The minimum Gasteiger partial charge on any atom is -0.326 e. The molecule has 0 spiro atoms. The molecule has 0 heterocycles. The van der Waals surface area contributed by atoms with E-state index in [0.717, 1.165) is 17.7 Å². The lowest BCUT2D eigenvalue weighted by Crippen LogP contribution is -2.22. The van der Waals surface area contributed by atoms with Crippen LogP contribution in [-0.4, -0.2) is 11.8 Å². The number of para-hydroxylation sites is 1. The van der Waals surface area contributed by atoms with Crippen LogP contribution < -0.4 is 10.6 Å². The summed E-state index contributed by atoms with van der Waals surface area (Å²) in [7, 11) is 0. The van der Waals surface area contributed by atoms with E-state index in [1.165, 1.54) is 6.07 Å². The molecule has 6 heteroatoms. The van der Waals surface area contributed by atoms with Gasteiger partial charge < -0.3 is 10.6 Å². The Hall–Kier alpha value is -2.76. The highest BCUT2D eigenvalue weighted by Gasteiger charge is 2.13. The second kappa shape index (κ2) is 7.68. The maximum Gasteiger partial charge on any atom is 0.233 e. The zero-order valence-electron chi connectivity index (χ0n) is 13.4. The minimum absolute atomic E-state index is 0.0919. The van der Waals surface area contributed by atoms with Crippen molar-refractivity contribution in [2.45, 2.75) is 26.2 Å². The molecule has 24 heavy (non-hydrogen) atoms. The fourth-order valence-corrected chi connectivity index (χ4v) is 2.23. The van der Waals surface area contributed by atoms with Crippen LogP contribution in [0.1, 0.15) is 31.7 Å². The first-order chi connectivity index (χ1) is 11.4. The number of hydrogen-bond acceptors (Lipinski definition) is 2. The molecule has 0 fully saturated rings. The molecule has 0 unspecified atom stereocenters. The van der Waals surface area contributed by atoms with E-state index in [0.29, 0.717) is 5.69 Å². The van der Waals surface area contributed by atoms with Gasteiger partial charge in [0.25, 0.3) is 0 Å². The van der Waals surface area contributed by atoms with Crippen molar-refractivity contribution in [1.29, 1.82) is 0 Å². The van der Waals surface area contributed by atoms with E-state index in [9.17, 15) is 18.4 Å². The van der Waals surface area contributed by atoms with Gasteiger partial charge in [-0.3, -0.25) is 9.59 Å². The number of nitrogens with one attached hydrogen (secondary N) is 2. The number of hydrogen-bond donors (Lipinski definition) is 2. The molecule has 2 amide bonds. The average molecular weight is 332 g/mol. The van der Waals surface area contributed by atoms with E-state index in [-0.39, 0.29) is 11.6 Å². The molecule has 4 nitrogen and oxygen atoms in total. The van der Waals surface area contributed by atoms with Crippen LogP contribution in [0.2, 0.25) is 0 Å². The van der Waals surface area contributed by atoms with Crippen molar-refractivity contribution in [3.63, 3.8) is 0 Å². The van der Waals surface area contributed by atoms with Crippen LogP contribution in [0.3, 0.4) is 0 Å². The Morgan fingerprint density at radius 3 is 2.29 bits per heavy atom. The maximum atomic E-state index is 13.1. The normalized spacial score (nSPS) is 10.5. The summed E-state index contributed by atoms with van der Waals surface area (Å²) in [5, 5.41) is 5.05. The van der Waals surface area contributed by atoms with Crippen molar-refractivity contribution in [1.82, 2.24) is 0 Å². The van der Waals surface area contributed by atoms with Crippen LogP contribution >= 0.6 is 0 Å². The van der Waals surface area contributed by atoms with E-state index in [2.05, 4.69) is 10.6 Å². The van der Waals surface area contributed by atoms with Crippen molar-refractivity contribution in [3.8, 4) is 0 Å². The first-order valence-corrected chi connectivity index (χ1v) is 7.50. The predicted octanol–water partition coefficient (Wildman–Crippen LogP) is 4.06. The summed E-state index contributed by atoms with van der Waals surface area (Å²) in [6.07, 6.45) is -0.425. The van der Waals surface area contributed by atoms with Crippen molar-refractivity contribution >= 4 is 23.2 Å². The summed E-state index contributed by atoms with van der Waals surface area (Å²) < 4.78 is 25.9. The van der Waals surface area contributed by atoms with Crippen LogP contribution in [0, 0.1) is 11.6 Å². The first-order valence-electron chi connectivity index (χ1n) is 7.50. The van der Waals surface area contributed by atoms with Gasteiger partial charge in [0, 0.05) is 17.4 Å². The summed E-state index contributed by atoms with van der Waals surface area (Å²) in [6.45, 7) is 4.00. The highest BCUT2D eigenvalue weighted by atomic mass is 19.2. The summed E-state index contributed by atoms with van der Waals surface area (Å²) >= 11 is 0. The van der Waals surface area contributed by atoms with E-state index >= 15 is 0 Å². The van der Waals surface area contributed by atoms with E-state index in [1.807, 2.05) is 26.0 Å². The van der Waals surface area contributed by atoms with E-state index < -0.39 is 29.9 Å². The summed E-state index contributed by atoms with van der Waals surface area (Å²) in [5.41, 5.74) is 1.71. The zero-order valence-corrected chi connectivity index (χ0v) is 13.4. The fraction of sp³-hybridized carbons (Fsp3) is 0.222. The first kappa shape index (κ1) is 17.6. The number of rotatable bonds is 5. The summed E-state index contributed by atoms with van der Waals surface area (Å²) in [6, 6.07) is 10.3. The molecule has 0 aliphatic heterocycles. The SMILES string of the molecule is CC(C)c1ccccc1NC(=O)CC(=O)Nc1ccc(F)c(F)c1. The molecule has 0 aliphatic carbocycles. The van der Waals surface area contributed by atoms with Gasteiger partial charge in [-0.2, -0.15) is 0 Å². The summed E-state index contributed by atoms with van der Waals surface area (Å²) in [4.78, 5) is 23.8. The van der Waals surface area contributed by atoms with Crippen LogP contribution in [0.4, 0.5) is 20.2 Å².